The van der Waals surface area contributed by atoms with Crippen molar-refractivity contribution in [1.29, 1.82) is 0 Å². The van der Waals surface area contributed by atoms with Crippen molar-refractivity contribution in [2.45, 2.75) is 6.92 Å². The fraction of sp³-hybridized carbons (Fsp3) is 0.0588. The Bertz CT molecular complexity index is 890. The van der Waals surface area contributed by atoms with Gasteiger partial charge in [-0.3, -0.25) is 10.00 Å². The van der Waals surface area contributed by atoms with E-state index in [1.807, 2.05) is 43.3 Å². The first-order valence-corrected chi connectivity index (χ1v) is 8.30. The summed E-state index contributed by atoms with van der Waals surface area (Å²) in [6.45, 7) is 1.94. The molecule has 4 nitrogen and oxygen atoms in total. The number of aryl methyl sites for hydroxylation is 1. The summed E-state index contributed by atoms with van der Waals surface area (Å²) in [5.74, 6) is 0.615. The molecule has 0 bridgehead atoms. The van der Waals surface area contributed by atoms with Crippen molar-refractivity contribution in [1.82, 2.24) is 10.2 Å². The lowest BCUT2D eigenvalue weighted by Crippen LogP contribution is -2.31. The lowest BCUT2D eigenvalue weighted by Gasteiger charge is -2.22. The van der Waals surface area contributed by atoms with E-state index in [1.54, 1.807) is 17.0 Å². The van der Waals surface area contributed by atoms with Gasteiger partial charge < -0.3 is 5.73 Å². The van der Waals surface area contributed by atoms with Crippen molar-refractivity contribution in [3.8, 4) is 11.1 Å². The molecule has 24 heavy (non-hydrogen) atoms. The Hall–Kier alpha value is -2.08. The number of H-pyrrole nitrogens is 1. The van der Waals surface area contributed by atoms with Crippen LogP contribution in [0.1, 0.15) is 5.69 Å². The molecule has 0 spiro atoms. The third-order valence-electron chi connectivity index (χ3n) is 3.56. The number of nitrogens with two attached hydrogens (primary N) is 1. The van der Waals surface area contributed by atoms with Crippen LogP contribution in [-0.4, -0.2) is 15.3 Å². The topological polar surface area (TPSA) is 57.9 Å². The van der Waals surface area contributed by atoms with Gasteiger partial charge in [-0.05, 0) is 55.0 Å². The lowest BCUT2D eigenvalue weighted by molar-refractivity contribution is 1.04. The molecule has 1 heterocycles. The number of benzene rings is 2. The van der Waals surface area contributed by atoms with Crippen LogP contribution in [-0.2, 0) is 0 Å². The zero-order chi connectivity index (χ0) is 17.3. The molecule has 3 rings (SSSR count). The highest BCUT2D eigenvalue weighted by atomic mass is 35.5. The number of nitrogens with one attached hydrogen (secondary N) is 1. The van der Waals surface area contributed by atoms with Crippen LogP contribution >= 0.6 is 35.4 Å². The number of hydrogen-bond acceptors (Lipinski definition) is 2. The van der Waals surface area contributed by atoms with Crippen molar-refractivity contribution < 1.29 is 0 Å². The number of aromatic nitrogens is 2. The molecule has 0 unspecified atom stereocenters. The van der Waals surface area contributed by atoms with Gasteiger partial charge >= 0.3 is 0 Å². The van der Waals surface area contributed by atoms with Crippen LogP contribution in [0.15, 0.2) is 48.5 Å². The molecule has 0 aliphatic heterocycles. The van der Waals surface area contributed by atoms with E-state index in [9.17, 15) is 0 Å². The minimum atomic E-state index is 0.180. The summed E-state index contributed by atoms with van der Waals surface area (Å²) in [4.78, 5) is 1.69. The molecule has 3 N–H and O–H groups in total. The fourth-order valence-electron chi connectivity index (χ4n) is 2.51. The molecule has 0 amide bonds. The van der Waals surface area contributed by atoms with Gasteiger partial charge in [0.2, 0.25) is 0 Å². The Morgan fingerprint density at radius 3 is 2.46 bits per heavy atom. The maximum atomic E-state index is 6.11. The quantitative estimate of drug-likeness (QED) is 0.626. The Morgan fingerprint density at radius 1 is 1.12 bits per heavy atom. The van der Waals surface area contributed by atoms with Gasteiger partial charge in [-0.1, -0.05) is 41.4 Å². The van der Waals surface area contributed by atoms with Crippen LogP contribution in [0.25, 0.3) is 11.1 Å². The van der Waals surface area contributed by atoms with Crippen LogP contribution in [0, 0.1) is 6.92 Å². The number of halogens is 2. The highest BCUT2D eigenvalue weighted by Gasteiger charge is 2.22. The molecule has 0 saturated heterocycles. The van der Waals surface area contributed by atoms with Gasteiger partial charge in [-0.15, -0.1) is 0 Å². The molecule has 0 radical (unpaired) electrons. The second-order valence-corrected chi connectivity index (χ2v) is 6.50. The number of aromatic amines is 1. The fourth-order valence-corrected chi connectivity index (χ4v) is 3.01. The van der Waals surface area contributed by atoms with E-state index >= 15 is 0 Å². The first-order valence-electron chi connectivity index (χ1n) is 7.13. The van der Waals surface area contributed by atoms with E-state index in [4.69, 9.17) is 41.2 Å². The Labute approximate surface area is 155 Å². The van der Waals surface area contributed by atoms with Crippen molar-refractivity contribution >= 4 is 52.0 Å². The summed E-state index contributed by atoms with van der Waals surface area (Å²) in [5, 5.41) is 8.84. The Balaban J connectivity index is 2.17. The second kappa shape index (κ2) is 6.81. The molecule has 122 valence electrons. The van der Waals surface area contributed by atoms with Gasteiger partial charge in [0.15, 0.2) is 10.9 Å². The van der Waals surface area contributed by atoms with E-state index in [1.165, 1.54) is 0 Å². The molecular formula is C17H14Cl2N4S. The number of thiocarbonyl (C=S) groups is 1. The minimum Gasteiger partial charge on any atom is -0.376 e. The zero-order valence-corrected chi connectivity index (χ0v) is 15.1. The van der Waals surface area contributed by atoms with Crippen molar-refractivity contribution in [2.24, 2.45) is 5.73 Å². The Morgan fingerprint density at radius 2 is 1.83 bits per heavy atom. The SMILES string of the molecule is Cc1[nH]nc(N(C(N)=S)c2cccc(Cl)c2)c1-c1ccc(Cl)cc1. The summed E-state index contributed by atoms with van der Waals surface area (Å²) >= 11 is 17.3. The van der Waals surface area contributed by atoms with E-state index in [0.29, 0.717) is 15.9 Å². The second-order valence-electron chi connectivity index (χ2n) is 5.21. The van der Waals surface area contributed by atoms with Gasteiger partial charge in [0, 0.05) is 21.3 Å². The average molecular weight is 377 g/mol. The molecule has 0 aliphatic rings. The summed E-state index contributed by atoms with van der Waals surface area (Å²) in [6, 6.07) is 14.8. The number of hydrogen-bond donors (Lipinski definition) is 2. The standard InChI is InChI=1S/C17H14Cl2N4S/c1-10-15(11-5-7-12(18)8-6-11)16(22-21-10)23(17(20)24)14-4-2-3-13(19)9-14/h2-9H,1H3,(H2,20,24)(H,21,22). The van der Waals surface area contributed by atoms with Crippen molar-refractivity contribution in [2.75, 3.05) is 4.90 Å². The molecule has 0 aliphatic carbocycles. The number of rotatable bonds is 3. The van der Waals surface area contributed by atoms with Crippen LogP contribution in [0.5, 0.6) is 0 Å². The maximum Gasteiger partial charge on any atom is 0.176 e. The monoisotopic (exact) mass is 376 g/mol. The van der Waals surface area contributed by atoms with Gasteiger partial charge in [0.1, 0.15) is 0 Å². The van der Waals surface area contributed by atoms with E-state index < -0.39 is 0 Å². The first-order chi connectivity index (χ1) is 11.5. The molecular weight excluding hydrogens is 363 g/mol. The molecule has 7 heteroatoms. The van der Waals surface area contributed by atoms with Crippen molar-refractivity contribution in [3.05, 3.63) is 64.3 Å². The predicted octanol–water partition coefficient (Wildman–Crippen LogP) is 5.07. The van der Waals surface area contributed by atoms with Crippen LogP contribution in [0.2, 0.25) is 10.0 Å². The molecule has 0 saturated carbocycles. The Kier molecular flexibility index (Phi) is 4.76. The summed E-state index contributed by atoms with van der Waals surface area (Å²) < 4.78 is 0. The van der Waals surface area contributed by atoms with Crippen LogP contribution < -0.4 is 10.6 Å². The van der Waals surface area contributed by atoms with Crippen molar-refractivity contribution in [3.63, 3.8) is 0 Å². The van der Waals surface area contributed by atoms with Gasteiger partial charge in [-0.25, -0.2) is 0 Å². The maximum absolute atomic E-state index is 6.11. The van der Waals surface area contributed by atoms with E-state index in [2.05, 4.69) is 10.2 Å². The molecule has 2 aromatic carbocycles. The summed E-state index contributed by atoms with van der Waals surface area (Å²) in [7, 11) is 0. The van der Waals surface area contributed by atoms with Gasteiger partial charge in [-0.2, -0.15) is 5.10 Å². The third-order valence-corrected chi connectivity index (χ3v) is 4.23. The average Bonchev–Trinajstić information content (AvgIpc) is 2.90. The normalized spacial score (nSPS) is 10.6. The van der Waals surface area contributed by atoms with Crippen LogP contribution in [0.4, 0.5) is 11.5 Å². The minimum absolute atomic E-state index is 0.180. The molecule has 1 aromatic heterocycles. The lowest BCUT2D eigenvalue weighted by atomic mass is 10.1. The smallest absolute Gasteiger partial charge is 0.176 e. The molecule has 0 atom stereocenters. The number of anilines is 2. The number of nitrogens with zero attached hydrogens (tertiary/aromatic N) is 2. The predicted molar refractivity (Wildman–Crippen MR) is 104 cm³/mol. The highest BCUT2D eigenvalue weighted by molar-refractivity contribution is 7.80. The highest BCUT2D eigenvalue weighted by Crippen LogP contribution is 2.36. The molecule has 0 fully saturated rings. The van der Waals surface area contributed by atoms with Gasteiger partial charge in [0.05, 0.1) is 5.69 Å². The van der Waals surface area contributed by atoms with Crippen LogP contribution in [0.3, 0.4) is 0 Å². The molecule has 3 aromatic rings. The first kappa shape index (κ1) is 16.8. The van der Waals surface area contributed by atoms with E-state index in [0.717, 1.165) is 22.5 Å². The zero-order valence-electron chi connectivity index (χ0n) is 12.8. The third kappa shape index (κ3) is 3.24. The van der Waals surface area contributed by atoms with E-state index in [-0.39, 0.29) is 5.11 Å². The largest absolute Gasteiger partial charge is 0.376 e. The van der Waals surface area contributed by atoms with Gasteiger partial charge in [0.25, 0.3) is 0 Å². The summed E-state index contributed by atoms with van der Waals surface area (Å²) in [6.07, 6.45) is 0. The summed E-state index contributed by atoms with van der Waals surface area (Å²) in [5.41, 5.74) is 9.48.